The fraction of sp³-hybridized carbons (Fsp3) is 0.615. The Morgan fingerprint density at radius 3 is 2.95 bits per heavy atom. The van der Waals surface area contributed by atoms with Gasteiger partial charge < -0.3 is 10.0 Å². The van der Waals surface area contributed by atoms with E-state index in [4.69, 9.17) is 0 Å². The average molecular weight is 347 g/mol. The molecule has 0 aromatic carbocycles. The smallest absolute Gasteiger partial charge is 0.237 e. The molecule has 0 aliphatic carbocycles. The summed E-state index contributed by atoms with van der Waals surface area (Å²) in [5, 5.41) is 9.48. The number of hydrogen-bond acceptors (Lipinski definition) is 4. The Hall–Kier alpha value is -0.430. The zero-order valence-corrected chi connectivity index (χ0v) is 13.4. The summed E-state index contributed by atoms with van der Waals surface area (Å²) in [6.45, 7) is 5.23. The third kappa shape index (κ3) is 4.27. The molecular weight excluding hydrogens is 328 g/mol. The molecule has 1 aromatic heterocycles. The molecule has 1 atom stereocenters. The van der Waals surface area contributed by atoms with E-state index in [1.54, 1.807) is 11.3 Å². The highest BCUT2D eigenvalue weighted by Crippen LogP contribution is 2.23. The van der Waals surface area contributed by atoms with E-state index in [9.17, 15) is 9.90 Å². The number of likely N-dealkylation sites (N-methyl/N-ethyl adjacent to an activating group) is 1. The van der Waals surface area contributed by atoms with Crippen molar-refractivity contribution >= 4 is 33.2 Å². The van der Waals surface area contributed by atoms with E-state index in [-0.39, 0.29) is 12.0 Å². The van der Waals surface area contributed by atoms with Gasteiger partial charge in [0.15, 0.2) is 0 Å². The van der Waals surface area contributed by atoms with Gasteiger partial charge in [-0.15, -0.1) is 11.3 Å². The minimum absolute atomic E-state index is 0.140. The van der Waals surface area contributed by atoms with Gasteiger partial charge in [0.25, 0.3) is 0 Å². The summed E-state index contributed by atoms with van der Waals surface area (Å²) in [5.74, 6) is 0.140. The number of amides is 1. The molecule has 1 N–H and O–H groups in total. The number of carbonyl (C=O) groups is 1. The summed E-state index contributed by atoms with van der Waals surface area (Å²) < 4.78 is 1.09. The van der Waals surface area contributed by atoms with Gasteiger partial charge in [-0.3, -0.25) is 9.69 Å². The molecule has 106 valence electrons. The van der Waals surface area contributed by atoms with Crippen LogP contribution in [-0.2, 0) is 11.3 Å². The fourth-order valence-corrected chi connectivity index (χ4v) is 3.75. The number of rotatable bonds is 5. The third-order valence-electron chi connectivity index (χ3n) is 3.32. The summed E-state index contributed by atoms with van der Waals surface area (Å²) in [6, 6.07) is 4.06. The highest BCUT2D eigenvalue weighted by molar-refractivity contribution is 9.11. The van der Waals surface area contributed by atoms with Crippen molar-refractivity contribution in [3.05, 3.63) is 20.8 Å². The summed E-state index contributed by atoms with van der Waals surface area (Å²) in [7, 11) is 0. The average Bonchev–Trinajstić information content (AvgIpc) is 2.95. The van der Waals surface area contributed by atoms with Crippen molar-refractivity contribution in [3.8, 4) is 0 Å². The number of hydrogen-bond donors (Lipinski definition) is 1. The van der Waals surface area contributed by atoms with Gasteiger partial charge in [0.2, 0.25) is 5.91 Å². The lowest BCUT2D eigenvalue weighted by atomic mass is 10.3. The molecule has 2 heterocycles. The second kappa shape index (κ2) is 6.83. The largest absolute Gasteiger partial charge is 0.392 e. The lowest BCUT2D eigenvalue weighted by molar-refractivity contribution is -0.132. The number of aliphatic hydroxyl groups excluding tert-OH is 1. The van der Waals surface area contributed by atoms with Crippen LogP contribution in [0.15, 0.2) is 15.9 Å². The van der Waals surface area contributed by atoms with Gasteiger partial charge in [0.05, 0.1) is 23.0 Å². The fourth-order valence-electron chi connectivity index (χ4n) is 2.25. The standard InChI is InChI=1S/C13H19BrN2O2S/c1-2-16(8-11-3-4-12(14)19-11)13(18)9-15-6-5-10(17)7-15/h3-4,10,17H,2,5-9H2,1H3. The Bertz CT molecular complexity index is 438. The maximum atomic E-state index is 12.2. The first-order chi connectivity index (χ1) is 9.08. The van der Waals surface area contributed by atoms with Crippen LogP contribution in [0, 0.1) is 0 Å². The van der Waals surface area contributed by atoms with Crippen molar-refractivity contribution in [2.45, 2.75) is 26.0 Å². The highest BCUT2D eigenvalue weighted by Gasteiger charge is 2.24. The summed E-state index contributed by atoms with van der Waals surface area (Å²) in [6.07, 6.45) is 0.508. The van der Waals surface area contributed by atoms with E-state index < -0.39 is 0 Å². The van der Waals surface area contributed by atoms with Gasteiger partial charge in [0.1, 0.15) is 0 Å². The molecule has 1 aromatic rings. The Morgan fingerprint density at radius 2 is 2.42 bits per heavy atom. The normalized spacial score (nSPS) is 19.8. The van der Waals surface area contributed by atoms with Crippen LogP contribution in [0.1, 0.15) is 18.2 Å². The van der Waals surface area contributed by atoms with Crippen molar-refractivity contribution in [1.82, 2.24) is 9.80 Å². The zero-order valence-electron chi connectivity index (χ0n) is 11.0. The topological polar surface area (TPSA) is 43.8 Å². The molecule has 1 unspecified atom stereocenters. The summed E-state index contributed by atoms with van der Waals surface area (Å²) in [5.41, 5.74) is 0. The number of β-amino-alcohol motifs (C(OH)–C–C–N with tert-alkyl or cyclic N) is 1. The molecule has 6 heteroatoms. The molecule has 1 amide bonds. The number of thiophene rings is 1. The summed E-state index contributed by atoms with van der Waals surface area (Å²) >= 11 is 5.10. The van der Waals surface area contributed by atoms with Crippen LogP contribution in [0.25, 0.3) is 0 Å². The van der Waals surface area contributed by atoms with Gasteiger partial charge >= 0.3 is 0 Å². The van der Waals surface area contributed by atoms with Crippen molar-refractivity contribution in [1.29, 1.82) is 0 Å². The van der Waals surface area contributed by atoms with E-state index in [2.05, 4.69) is 15.9 Å². The van der Waals surface area contributed by atoms with Gasteiger partial charge in [-0.1, -0.05) is 0 Å². The number of carbonyl (C=O) groups excluding carboxylic acids is 1. The quantitative estimate of drug-likeness (QED) is 0.885. The van der Waals surface area contributed by atoms with E-state index >= 15 is 0 Å². The van der Waals surface area contributed by atoms with Crippen LogP contribution in [0.5, 0.6) is 0 Å². The van der Waals surface area contributed by atoms with Crippen molar-refractivity contribution in [2.75, 3.05) is 26.2 Å². The first-order valence-electron chi connectivity index (χ1n) is 6.51. The van der Waals surface area contributed by atoms with E-state index in [1.807, 2.05) is 28.9 Å². The number of halogens is 1. The van der Waals surface area contributed by atoms with Gasteiger partial charge in [-0.2, -0.15) is 0 Å². The van der Waals surface area contributed by atoms with Gasteiger partial charge in [-0.05, 0) is 41.4 Å². The molecule has 4 nitrogen and oxygen atoms in total. The molecule has 19 heavy (non-hydrogen) atoms. The zero-order chi connectivity index (χ0) is 13.8. The van der Waals surface area contributed by atoms with Gasteiger partial charge in [-0.25, -0.2) is 0 Å². The van der Waals surface area contributed by atoms with E-state index in [1.165, 1.54) is 4.88 Å². The number of nitrogens with zero attached hydrogens (tertiary/aromatic N) is 2. The highest BCUT2D eigenvalue weighted by atomic mass is 79.9. The van der Waals surface area contributed by atoms with Crippen LogP contribution < -0.4 is 0 Å². The Labute approximate surface area is 126 Å². The minimum Gasteiger partial charge on any atom is -0.392 e. The molecule has 0 radical (unpaired) electrons. The molecule has 0 bridgehead atoms. The number of likely N-dealkylation sites (tertiary alicyclic amines) is 1. The van der Waals surface area contributed by atoms with Crippen LogP contribution in [0.4, 0.5) is 0 Å². The van der Waals surface area contributed by atoms with Crippen LogP contribution in [0.3, 0.4) is 0 Å². The van der Waals surface area contributed by atoms with E-state index in [0.29, 0.717) is 26.2 Å². The van der Waals surface area contributed by atoms with Gasteiger partial charge in [0, 0.05) is 24.5 Å². The Balaban J connectivity index is 1.88. The molecule has 1 saturated heterocycles. The summed E-state index contributed by atoms with van der Waals surface area (Å²) in [4.78, 5) is 17.3. The lowest BCUT2D eigenvalue weighted by Gasteiger charge is -2.23. The molecule has 2 rings (SSSR count). The van der Waals surface area contributed by atoms with Crippen LogP contribution >= 0.6 is 27.3 Å². The SMILES string of the molecule is CCN(Cc1ccc(Br)s1)C(=O)CN1CCC(O)C1. The first kappa shape index (κ1) is 15.0. The minimum atomic E-state index is -0.267. The maximum absolute atomic E-state index is 12.2. The van der Waals surface area contributed by atoms with Crippen molar-refractivity contribution in [2.24, 2.45) is 0 Å². The molecule has 0 spiro atoms. The van der Waals surface area contributed by atoms with Crippen molar-refractivity contribution in [3.63, 3.8) is 0 Å². The molecule has 1 fully saturated rings. The van der Waals surface area contributed by atoms with Crippen LogP contribution in [0.2, 0.25) is 0 Å². The Kier molecular flexibility index (Phi) is 5.38. The predicted octanol–water partition coefficient (Wildman–Crippen LogP) is 1.93. The monoisotopic (exact) mass is 346 g/mol. The third-order valence-corrected chi connectivity index (χ3v) is 4.92. The number of aliphatic hydroxyl groups is 1. The second-order valence-corrected chi connectivity index (χ2v) is 7.34. The molecule has 1 aliphatic rings. The van der Waals surface area contributed by atoms with Crippen molar-refractivity contribution < 1.29 is 9.90 Å². The lowest BCUT2D eigenvalue weighted by Crippen LogP contribution is -2.39. The van der Waals surface area contributed by atoms with E-state index in [0.717, 1.165) is 16.8 Å². The predicted molar refractivity (Wildman–Crippen MR) is 80.2 cm³/mol. The van der Waals surface area contributed by atoms with Crippen LogP contribution in [-0.4, -0.2) is 53.1 Å². The maximum Gasteiger partial charge on any atom is 0.237 e. The molecule has 1 aliphatic heterocycles. The second-order valence-electron chi connectivity index (χ2n) is 4.79. The Morgan fingerprint density at radius 1 is 1.63 bits per heavy atom. The first-order valence-corrected chi connectivity index (χ1v) is 8.12. The molecular formula is C13H19BrN2O2S. The molecule has 0 saturated carbocycles.